The molecule has 0 fully saturated rings. The van der Waals surface area contributed by atoms with Gasteiger partial charge in [0.2, 0.25) is 0 Å². The number of hydrogen-bond donors (Lipinski definition) is 4. The van der Waals surface area contributed by atoms with Gasteiger partial charge in [-0.25, -0.2) is 0 Å². The monoisotopic (exact) mass is 458 g/mol. The maximum atomic E-state index is 12.8. The summed E-state index contributed by atoms with van der Waals surface area (Å²) < 4.78 is 74.9. The van der Waals surface area contributed by atoms with Gasteiger partial charge in [-0.2, -0.15) is 16.8 Å². The predicted octanol–water partition coefficient (Wildman–Crippen LogP) is -2.04. The summed E-state index contributed by atoms with van der Waals surface area (Å²) in [5.41, 5.74) is -1.54. The van der Waals surface area contributed by atoms with E-state index in [4.69, 9.17) is 4.74 Å². The third-order valence-electron chi connectivity index (χ3n) is 3.61. The zero-order valence-corrected chi connectivity index (χ0v) is 18.9. The Morgan fingerprint density at radius 2 is 1.34 bits per heavy atom. The molecule has 2 rings (SSSR count). The second kappa shape index (κ2) is 8.87. The number of benzene rings is 2. The van der Waals surface area contributed by atoms with Gasteiger partial charge in [0, 0.05) is 5.56 Å². The zero-order chi connectivity index (χ0) is 21.4. The quantitative estimate of drug-likeness (QED) is 0.162. The molecule has 2 aromatic carbocycles. The van der Waals surface area contributed by atoms with E-state index >= 15 is 0 Å². The van der Waals surface area contributed by atoms with Crippen LogP contribution < -0.4 is 39.0 Å². The molecule has 0 unspecified atom stereocenters. The Balaban J connectivity index is 0.00000420. The molecule has 0 aliphatic heterocycles. The molecule has 154 valence electrons. The number of methoxy groups -OCH3 is 2. The molecule has 4 N–H and O–H groups in total. The normalized spacial score (nSPS) is 11.4. The summed E-state index contributed by atoms with van der Waals surface area (Å²) in [6.07, 6.45) is 0. The van der Waals surface area contributed by atoms with E-state index in [0.29, 0.717) is 5.75 Å². The molecule has 0 heterocycles. The molecule has 0 aliphatic carbocycles. The van der Waals surface area contributed by atoms with E-state index < -0.39 is 58.6 Å². The first kappa shape index (κ1) is 25.2. The molecule has 14 heteroatoms. The van der Waals surface area contributed by atoms with Crippen molar-refractivity contribution < 1.29 is 81.4 Å². The number of ether oxygens (including phenoxy) is 2. The molecule has 2 aromatic rings. The van der Waals surface area contributed by atoms with Gasteiger partial charge in [0.15, 0.2) is 32.8 Å². The first-order valence-corrected chi connectivity index (χ1v) is 10.0. The van der Waals surface area contributed by atoms with Crippen molar-refractivity contribution in [1.29, 1.82) is 0 Å². The fourth-order valence-electron chi connectivity index (χ4n) is 2.43. The van der Waals surface area contributed by atoms with E-state index in [1.165, 1.54) is 19.2 Å². The molecule has 0 amide bonds. The second-order valence-electron chi connectivity index (χ2n) is 5.27. The van der Waals surface area contributed by atoms with Crippen molar-refractivity contribution in [3.8, 4) is 23.0 Å². The Morgan fingerprint density at radius 3 is 1.72 bits per heavy atom. The number of rotatable bonds is 6. The molecular weight excluding hydrogens is 443 g/mol. The van der Waals surface area contributed by atoms with E-state index in [0.717, 1.165) is 19.2 Å². The van der Waals surface area contributed by atoms with E-state index in [2.05, 4.69) is 4.74 Å². The molecule has 0 saturated carbocycles. The minimum Gasteiger partial charge on any atom is -1.00 e. The van der Waals surface area contributed by atoms with E-state index in [1.807, 2.05) is 0 Å². The first-order chi connectivity index (χ1) is 12.8. The Labute approximate surface area is 189 Å². The van der Waals surface area contributed by atoms with Gasteiger partial charge in [0.1, 0.15) is 5.75 Å². The van der Waals surface area contributed by atoms with Crippen LogP contribution in [-0.4, -0.2) is 56.2 Å². The maximum absolute atomic E-state index is 12.8. The van der Waals surface area contributed by atoms with Gasteiger partial charge in [-0.1, -0.05) is 0 Å². The second-order valence-corrected chi connectivity index (χ2v) is 7.99. The smallest absolute Gasteiger partial charge is 1.00 e. The van der Waals surface area contributed by atoms with Crippen LogP contribution in [-0.2, 0) is 20.2 Å². The van der Waals surface area contributed by atoms with Crippen molar-refractivity contribution in [3.05, 3.63) is 35.4 Å². The van der Waals surface area contributed by atoms with Crippen LogP contribution in [0.5, 0.6) is 23.0 Å². The zero-order valence-electron chi connectivity index (χ0n) is 16.3. The maximum Gasteiger partial charge on any atom is 1.00 e. The van der Waals surface area contributed by atoms with E-state index in [9.17, 15) is 40.9 Å². The van der Waals surface area contributed by atoms with Crippen molar-refractivity contribution in [2.24, 2.45) is 0 Å². The molecule has 0 aliphatic rings. The van der Waals surface area contributed by atoms with Gasteiger partial charge in [0.25, 0.3) is 10.1 Å². The van der Waals surface area contributed by atoms with Crippen LogP contribution in [0.3, 0.4) is 0 Å². The standard InChI is InChI=1S/C15H14O11S2.Na.H/c1-25-8-5-3-7(4-6-8)10(16)9-11(17)15(28(22,23)24)13(26-2)12(18)14(9)27(19,20)21;;/h3-6,17-18H,1-2H3,(H,19,20,21)(H,22,23,24);;/q;+1;-1. The summed E-state index contributed by atoms with van der Waals surface area (Å²) in [4.78, 5) is 9.82. The van der Waals surface area contributed by atoms with Gasteiger partial charge in [-0.3, -0.25) is 13.9 Å². The Bertz CT molecular complexity index is 1160. The minimum absolute atomic E-state index is 0. The topological polar surface area (TPSA) is 185 Å². The third kappa shape index (κ3) is 4.83. The molecular formula is C15H15NaO11S2. The number of carbonyl (C=O) groups is 1. The van der Waals surface area contributed by atoms with Crippen LogP contribution >= 0.6 is 0 Å². The Morgan fingerprint density at radius 1 is 0.862 bits per heavy atom. The van der Waals surface area contributed by atoms with Crippen LogP contribution in [0.4, 0.5) is 0 Å². The third-order valence-corrected chi connectivity index (χ3v) is 5.42. The summed E-state index contributed by atoms with van der Waals surface area (Å²) in [5, 5.41) is 20.4. The van der Waals surface area contributed by atoms with Crippen molar-refractivity contribution in [1.82, 2.24) is 0 Å². The SMILES string of the molecule is COc1ccc(C(=O)c2c(O)c(S(=O)(=O)O)c(OC)c(O)c2S(=O)(=O)O)cc1.[H-].[Na+]. The minimum atomic E-state index is -5.36. The van der Waals surface area contributed by atoms with Crippen molar-refractivity contribution >= 4 is 26.0 Å². The summed E-state index contributed by atoms with van der Waals surface area (Å²) >= 11 is 0. The average Bonchev–Trinajstić information content (AvgIpc) is 2.60. The summed E-state index contributed by atoms with van der Waals surface area (Å²) in [5.74, 6) is -5.17. The molecule has 0 radical (unpaired) electrons. The molecule has 0 saturated heterocycles. The van der Waals surface area contributed by atoms with Crippen molar-refractivity contribution in [3.63, 3.8) is 0 Å². The Hall–Kier alpha value is -1.87. The number of carbonyl (C=O) groups excluding carboxylic acids is 1. The first-order valence-electron chi connectivity index (χ1n) is 7.14. The number of hydrogen-bond acceptors (Lipinski definition) is 9. The molecule has 11 nitrogen and oxygen atoms in total. The fraction of sp³-hybridized carbons (Fsp3) is 0.133. The van der Waals surface area contributed by atoms with Gasteiger partial charge in [-0.05, 0) is 24.3 Å². The molecule has 0 bridgehead atoms. The summed E-state index contributed by atoms with van der Waals surface area (Å²) in [7, 11) is -8.51. The molecule has 29 heavy (non-hydrogen) atoms. The van der Waals surface area contributed by atoms with Crippen molar-refractivity contribution in [2.75, 3.05) is 14.2 Å². The number of phenols is 2. The van der Waals surface area contributed by atoms with Gasteiger partial charge >= 0.3 is 39.7 Å². The predicted molar refractivity (Wildman–Crippen MR) is 93.5 cm³/mol. The van der Waals surface area contributed by atoms with Crippen LogP contribution in [0, 0.1) is 0 Å². The average molecular weight is 458 g/mol. The number of ketones is 1. The fourth-order valence-corrected chi connectivity index (χ4v) is 3.98. The van der Waals surface area contributed by atoms with Crippen LogP contribution in [0.2, 0.25) is 0 Å². The van der Waals surface area contributed by atoms with Crippen LogP contribution in [0.25, 0.3) is 0 Å². The number of phenolic OH excluding ortho intramolecular Hbond substituents is 2. The van der Waals surface area contributed by atoms with Gasteiger partial charge < -0.3 is 21.1 Å². The molecule has 0 atom stereocenters. The van der Waals surface area contributed by atoms with Gasteiger partial charge in [-0.15, -0.1) is 0 Å². The van der Waals surface area contributed by atoms with Crippen LogP contribution in [0.1, 0.15) is 17.3 Å². The van der Waals surface area contributed by atoms with E-state index in [1.54, 1.807) is 0 Å². The van der Waals surface area contributed by atoms with Crippen LogP contribution in [0.15, 0.2) is 34.1 Å². The molecule has 0 aromatic heterocycles. The summed E-state index contributed by atoms with van der Waals surface area (Å²) in [6, 6.07) is 4.93. The molecule has 0 spiro atoms. The Kier molecular flexibility index (Phi) is 7.70. The largest absolute Gasteiger partial charge is 1.00 e. The number of aromatic hydroxyl groups is 2. The summed E-state index contributed by atoms with van der Waals surface area (Å²) in [6.45, 7) is 0. The van der Waals surface area contributed by atoms with E-state index in [-0.39, 0.29) is 36.5 Å². The van der Waals surface area contributed by atoms with Crippen molar-refractivity contribution in [2.45, 2.75) is 9.79 Å². The van der Waals surface area contributed by atoms with Gasteiger partial charge in [0.05, 0.1) is 19.8 Å².